The number of aromatic nitrogens is 1. The van der Waals surface area contributed by atoms with Crippen LogP contribution in [0.25, 0.3) is 10.9 Å². The maximum absolute atomic E-state index is 13.8. The zero-order chi connectivity index (χ0) is 25.1. The number of hydrogen-bond acceptors (Lipinski definition) is 4. The smallest absolute Gasteiger partial charge is 0.324 e. The van der Waals surface area contributed by atoms with Crippen molar-refractivity contribution < 1.29 is 9.59 Å². The van der Waals surface area contributed by atoms with Crippen LogP contribution < -0.4 is 5.32 Å². The van der Waals surface area contributed by atoms with Crippen molar-refractivity contribution in [3.05, 3.63) is 48.2 Å². The van der Waals surface area contributed by atoms with E-state index in [2.05, 4.69) is 57.6 Å². The second-order valence-electron chi connectivity index (χ2n) is 10.2. The number of carbonyl (C=O) groups excluding carboxylic acids is 2. The van der Waals surface area contributed by atoms with E-state index < -0.39 is 0 Å². The van der Waals surface area contributed by atoms with Crippen LogP contribution in [-0.2, 0) is 17.8 Å². The Morgan fingerprint density at radius 1 is 1.23 bits per heavy atom. The molecule has 1 aliphatic carbocycles. The SMILES string of the molecule is C=CCN1CC(C(=O)N(CCCN(C)C)C(=O)NCC)CC2c3cccc4c3c(cn4CC)CC21. The van der Waals surface area contributed by atoms with E-state index in [1.54, 1.807) is 0 Å². The van der Waals surface area contributed by atoms with E-state index in [4.69, 9.17) is 0 Å². The number of aryl methyl sites for hydroxylation is 1. The molecule has 1 aromatic heterocycles. The van der Waals surface area contributed by atoms with Gasteiger partial charge < -0.3 is 14.8 Å². The highest BCUT2D eigenvalue weighted by Crippen LogP contribution is 2.45. The Labute approximate surface area is 209 Å². The normalized spacial score (nSPS) is 21.7. The predicted molar refractivity (Wildman–Crippen MR) is 142 cm³/mol. The Bertz CT molecular complexity index is 1070. The van der Waals surface area contributed by atoms with Crippen LogP contribution in [0.1, 0.15) is 43.7 Å². The number of rotatable bonds is 9. The second kappa shape index (κ2) is 11.0. The molecule has 0 bridgehead atoms. The molecule has 35 heavy (non-hydrogen) atoms. The van der Waals surface area contributed by atoms with Gasteiger partial charge in [-0.1, -0.05) is 18.2 Å². The molecule has 1 aromatic carbocycles. The van der Waals surface area contributed by atoms with Gasteiger partial charge in [0.25, 0.3) is 0 Å². The van der Waals surface area contributed by atoms with E-state index in [1.165, 1.54) is 26.9 Å². The number of carbonyl (C=O) groups is 2. The summed E-state index contributed by atoms with van der Waals surface area (Å²) >= 11 is 0. The standard InChI is InChI=1S/C28H41N5O2/c1-6-13-32-19-21(27(34)33(28(35)29-7-2)15-10-14-30(4)5)16-23-22-11-9-12-24-26(22)20(17-25(23)32)18-31(24)8-3/h6,9,11-12,18,21,23,25H,1,7-8,10,13-17,19H2,2-5H3,(H,29,35). The first-order valence-corrected chi connectivity index (χ1v) is 13.1. The molecule has 1 fully saturated rings. The molecule has 2 aromatic rings. The van der Waals surface area contributed by atoms with Crippen molar-refractivity contribution in [2.45, 2.75) is 51.6 Å². The molecular formula is C28H41N5O2. The summed E-state index contributed by atoms with van der Waals surface area (Å²) in [7, 11) is 4.02. The molecule has 4 rings (SSSR count). The second-order valence-corrected chi connectivity index (χ2v) is 10.2. The highest BCUT2D eigenvalue weighted by molar-refractivity contribution is 5.96. The number of urea groups is 1. The summed E-state index contributed by atoms with van der Waals surface area (Å²) in [6.07, 6.45) is 6.78. The van der Waals surface area contributed by atoms with Gasteiger partial charge in [-0.15, -0.1) is 6.58 Å². The zero-order valence-electron chi connectivity index (χ0n) is 21.8. The van der Waals surface area contributed by atoms with Crippen LogP contribution in [0.15, 0.2) is 37.1 Å². The van der Waals surface area contributed by atoms with E-state index >= 15 is 0 Å². The minimum Gasteiger partial charge on any atom is -0.347 e. The lowest BCUT2D eigenvalue weighted by Gasteiger charge is -2.47. The summed E-state index contributed by atoms with van der Waals surface area (Å²) in [4.78, 5) is 32.7. The van der Waals surface area contributed by atoms with Gasteiger partial charge in [0, 0.05) is 61.8 Å². The van der Waals surface area contributed by atoms with Gasteiger partial charge in [-0.25, -0.2) is 4.79 Å². The number of imide groups is 1. The first kappa shape index (κ1) is 25.5. The molecule has 2 aliphatic rings. The summed E-state index contributed by atoms with van der Waals surface area (Å²) in [5, 5.41) is 4.22. The Balaban J connectivity index is 1.65. The molecule has 0 radical (unpaired) electrons. The van der Waals surface area contributed by atoms with Gasteiger partial charge >= 0.3 is 6.03 Å². The molecule has 7 nitrogen and oxygen atoms in total. The summed E-state index contributed by atoms with van der Waals surface area (Å²) in [6, 6.07) is 6.68. The van der Waals surface area contributed by atoms with Crippen LogP contribution in [-0.4, -0.2) is 84.1 Å². The van der Waals surface area contributed by atoms with Crippen LogP contribution in [0.5, 0.6) is 0 Å². The fourth-order valence-electron chi connectivity index (χ4n) is 6.11. The minimum atomic E-state index is -0.276. The first-order chi connectivity index (χ1) is 16.9. The van der Waals surface area contributed by atoms with E-state index in [1.807, 2.05) is 27.1 Å². The molecule has 2 heterocycles. The van der Waals surface area contributed by atoms with Crippen LogP contribution in [0.4, 0.5) is 4.79 Å². The Morgan fingerprint density at radius 2 is 2.03 bits per heavy atom. The van der Waals surface area contributed by atoms with E-state index in [9.17, 15) is 9.59 Å². The zero-order valence-corrected chi connectivity index (χ0v) is 21.8. The third kappa shape index (κ3) is 5.02. The number of nitrogens with zero attached hydrogens (tertiary/aromatic N) is 4. The molecule has 3 amide bonds. The molecule has 0 saturated carbocycles. The lowest BCUT2D eigenvalue weighted by atomic mass is 9.72. The Hall–Kier alpha value is -2.64. The molecule has 1 saturated heterocycles. The monoisotopic (exact) mass is 479 g/mol. The van der Waals surface area contributed by atoms with Crippen LogP contribution in [0.3, 0.4) is 0 Å². The van der Waals surface area contributed by atoms with E-state index in [0.29, 0.717) is 25.7 Å². The van der Waals surface area contributed by atoms with Gasteiger partial charge in [-0.3, -0.25) is 14.6 Å². The maximum atomic E-state index is 13.8. The van der Waals surface area contributed by atoms with Crippen molar-refractivity contribution in [2.24, 2.45) is 5.92 Å². The van der Waals surface area contributed by atoms with Crippen molar-refractivity contribution >= 4 is 22.8 Å². The molecule has 190 valence electrons. The fourth-order valence-corrected chi connectivity index (χ4v) is 6.11. The van der Waals surface area contributed by atoms with Crippen LogP contribution in [0.2, 0.25) is 0 Å². The third-order valence-electron chi connectivity index (χ3n) is 7.65. The maximum Gasteiger partial charge on any atom is 0.324 e. The van der Waals surface area contributed by atoms with Crippen molar-refractivity contribution in [1.29, 1.82) is 0 Å². The number of amides is 3. The molecule has 7 heteroatoms. The van der Waals surface area contributed by atoms with E-state index in [0.717, 1.165) is 38.9 Å². The van der Waals surface area contributed by atoms with Gasteiger partial charge in [0.15, 0.2) is 0 Å². The highest BCUT2D eigenvalue weighted by Gasteiger charge is 2.44. The molecule has 3 unspecified atom stereocenters. The summed E-state index contributed by atoms with van der Waals surface area (Å²) in [6.45, 7) is 12.2. The number of piperidine rings is 1. The molecule has 1 N–H and O–H groups in total. The van der Waals surface area contributed by atoms with Crippen molar-refractivity contribution in [2.75, 3.05) is 46.8 Å². The number of likely N-dealkylation sites (tertiary alicyclic amines) is 1. The minimum absolute atomic E-state index is 0.0497. The van der Waals surface area contributed by atoms with Crippen molar-refractivity contribution in [3.8, 4) is 0 Å². The number of benzene rings is 1. The molecule has 1 aliphatic heterocycles. The largest absolute Gasteiger partial charge is 0.347 e. The Morgan fingerprint density at radius 3 is 2.71 bits per heavy atom. The van der Waals surface area contributed by atoms with Crippen LogP contribution in [0, 0.1) is 5.92 Å². The number of fused-ring (bicyclic) bond motifs is 2. The lowest BCUT2D eigenvalue weighted by molar-refractivity contribution is -0.135. The first-order valence-electron chi connectivity index (χ1n) is 13.1. The van der Waals surface area contributed by atoms with Crippen LogP contribution >= 0.6 is 0 Å². The highest BCUT2D eigenvalue weighted by atomic mass is 16.2. The Kier molecular flexibility index (Phi) is 7.97. The lowest BCUT2D eigenvalue weighted by Crippen LogP contribution is -2.55. The van der Waals surface area contributed by atoms with Gasteiger partial charge in [-0.05, 0) is 70.9 Å². The summed E-state index contributed by atoms with van der Waals surface area (Å²) in [5.74, 6) is -0.00559. The van der Waals surface area contributed by atoms with Crippen molar-refractivity contribution in [3.63, 3.8) is 0 Å². The topological polar surface area (TPSA) is 60.8 Å². The van der Waals surface area contributed by atoms with Gasteiger partial charge in [0.05, 0.1) is 5.92 Å². The fraction of sp³-hybridized carbons (Fsp3) is 0.571. The average Bonchev–Trinajstić information content (AvgIpc) is 3.21. The van der Waals surface area contributed by atoms with E-state index in [-0.39, 0.29) is 23.8 Å². The molecule has 0 spiro atoms. The summed E-state index contributed by atoms with van der Waals surface area (Å²) < 4.78 is 2.34. The van der Waals surface area contributed by atoms with Crippen molar-refractivity contribution in [1.82, 2.24) is 24.6 Å². The van der Waals surface area contributed by atoms with Gasteiger partial charge in [0.2, 0.25) is 5.91 Å². The number of hydrogen-bond donors (Lipinski definition) is 1. The number of nitrogens with one attached hydrogen (secondary N) is 1. The van der Waals surface area contributed by atoms with Gasteiger partial charge in [-0.2, -0.15) is 0 Å². The molecule has 3 atom stereocenters. The summed E-state index contributed by atoms with van der Waals surface area (Å²) in [5.41, 5.74) is 4.05. The predicted octanol–water partition coefficient (Wildman–Crippen LogP) is 3.69. The third-order valence-corrected chi connectivity index (χ3v) is 7.65. The molecular weight excluding hydrogens is 438 g/mol. The average molecular weight is 480 g/mol. The quantitative estimate of drug-likeness (QED) is 0.558. The van der Waals surface area contributed by atoms with Gasteiger partial charge in [0.1, 0.15) is 0 Å².